The summed E-state index contributed by atoms with van der Waals surface area (Å²) in [5, 5.41) is 14.9. The topological polar surface area (TPSA) is 41.5 Å². The maximum atomic E-state index is 13.4. The normalized spacial score (nSPS) is 12.3. The minimum Gasteiger partial charge on any atom is -0.497 e. The monoisotopic (exact) mass is 339 g/mol. The van der Waals surface area contributed by atoms with Gasteiger partial charge in [-0.25, -0.2) is 4.39 Å². The molecule has 4 heteroatoms. The molecule has 0 aromatic heterocycles. The lowest BCUT2D eigenvalue weighted by Crippen LogP contribution is -2.18. The maximum Gasteiger partial charge on any atom is 0.128 e. The van der Waals surface area contributed by atoms with E-state index in [0.717, 1.165) is 22.1 Å². The molecule has 0 bridgehead atoms. The SMILES string of the molecule is COc1ccc2cc(C(C)NCc3ccc(F)c(CO)c3)ccc2c1. The first-order valence-electron chi connectivity index (χ1n) is 8.30. The molecule has 0 spiro atoms. The van der Waals surface area contributed by atoms with Crippen LogP contribution in [0, 0.1) is 5.82 Å². The number of nitrogens with one attached hydrogen (secondary N) is 1. The molecule has 0 aliphatic carbocycles. The Morgan fingerprint density at radius 1 is 1.04 bits per heavy atom. The van der Waals surface area contributed by atoms with Gasteiger partial charge in [-0.15, -0.1) is 0 Å². The second-order valence-corrected chi connectivity index (χ2v) is 6.16. The van der Waals surface area contributed by atoms with Crippen molar-refractivity contribution in [2.45, 2.75) is 26.1 Å². The first kappa shape index (κ1) is 17.4. The zero-order chi connectivity index (χ0) is 17.8. The fraction of sp³-hybridized carbons (Fsp3) is 0.238. The largest absolute Gasteiger partial charge is 0.497 e. The Balaban J connectivity index is 1.72. The molecule has 3 aromatic carbocycles. The summed E-state index contributed by atoms with van der Waals surface area (Å²) >= 11 is 0. The van der Waals surface area contributed by atoms with Gasteiger partial charge in [0.25, 0.3) is 0 Å². The third-order valence-corrected chi connectivity index (χ3v) is 4.46. The van der Waals surface area contributed by atoms with Crippen molar-refractivity contribution >= 4 is 10.8 Å². The van der Waals surface area contributed by atoms with Crippen LogP contribution in [0.2, 0.25) is 0 Å². The minimum absolute atomic E-state index is 0.147. The molecule has 0 fully saturated rings. The number of aliphatic hydroxyl groups excluding tert-OH is 1. The first-order chi connectivity index (χ1) is 12.1. The molecule has 1 unspecified atom stereocenters. The fourth-order valence-electron chi connectivity index (χ4n) is 2.89. The Bertz CT molecular complexity index is 879. The summed E-state index contributed by atoms with van der Waals surface area (Å²) < 4.78 is 18.7. The zero-order valence-electron chi connectivity index (χ0n) is 14.4. The molecular formula is C21H22FNO2. The van der Waals surface area contributed by atoms with Gasteiger partial charge in [0.1, 0.15) is 11.6 Å². The number of ether oxygens (including phenoxy) is 1. The molecule has 0 radical (unpaired) electrons. The molecule has 25 heavy (non-hydrogen) atoms. The Hall–Kier alpha value is -2.43. The minimum atomic E-state index is -0.371. The third-order valence-electron chi connectivity index (χ3n) is 4.46. The highest BCUT2D eigenvalue weighted by Crippen LogP contribution is 2.24. The van der Waals surface area contributed by atoms with E-state index in [1.165, 1.54) is 11.6 Å². The lowest BCUT2D eigenvalue weighted by atomic mass is 10.0. The van der Waals surface area contributed by atoms with E-state index in [1.54, 1.807) is 19.2 Å². The summed E-state index contributed by atoms with van der Waals surface area (Å²) in [5.41, 5.74) is 2.46. The van der Waals surface area contributed by atoms with Crippen molar-refractivity contribution in [3.05, 3.63) is 77.1 Å². The Morgan fingerprint density at radius 3 is 2.56 bits per heavy atom. The van der Waals surface area contributed by atoms with Gasteiger partial charge in [-0.2, -0.15) is 0 Å². The van der Waals surface area contributed by atoms with E-state index in [9.17, 15) is 4.39 Å². The van der Waals surface area contributed by atoms with Crippen molar-refractivity contribution in [1.82, 2.24) is 5.32 Å². The van der Waals surface area contributed by atoms with Gasteiger partial charge in [0.2, 0.25) is 0 Å². The summed E-state index contributed by atoms with van der Waals surface area (Å²) in [4.78, 5) is 0. The molecule has 0 amide bonds. The van der Waals surface area contributed by atoms with Crippen molar-refractivity contribution in [1.29, 1.82) is 0 Å². The lowest BCUT2D eigenvalue weighted by Gasteiger charge is -2.16. The highest BCUT2D eigenvalue weighted by atomic mass is 19.1. The molecule has 0 aliphatic rings. The second-order valence-electron chi connectivity index (χ2n) is 6.16. The van der Waals surface area contributed by atoms with Crippen LogP contribution in [0.5, 0.6) is 5.75 Å². The molecular weight excluding hydrogens is 317 g/mol. The maximum absolute atomic E-state index is 13.4. The molecule has 130 valence electrons. The van der Waals surface area contributed by atoms with E-state index in [0.29, 0.717) is 12.1 Å². The first-order valence-corrected chi connectivity index (χ1v) is 8.30. The van der Waals surface area contributed by atoms with Crippen molar-refractivity contribution in [3.63, 3.8) is 0 Å². The van der Waals surface area contributed by atoms with E-state index in [1.807, 2.05) is 12.1 Å². The molecule has 2 N–H and O–H groups in total. The highest BCUT2D eigenvalue weighted by molar-refractivity contribution is 5.84. The number of hydrogen-bond acceptors (Lipinski definition) is 3. The summed E-state index contributed by atoms with van der Waals surface area (Å²) in [6.45, 7) is 2.42. The summed E-state index contributed by atoms with van der Waals surface area (Å²) in [7, 11) is 1.67. The number of methoxy groups -OCH3 is 1. The van der Waals surface area contributed by atoms with Crippen LogP contribution in [0.15, 0.2) is 54.6 Å². The van der Waals surface area contributed by atoms with Gasteiger partial charge >= 0.3 is 0 Å². The standard InChI is InChI=1S/C21H22FNO2/c1-14(23-12-15-3-8-21(22)19(9-15)13-24)16-4-5-18-11-20(25-2)7-6-17(18)10-16/h3-11,14,23-24H,12-13H2,1-2H3. The van der Waals surface area contributed by atoms with E-state index in [-0.39, 0.29) is 18.5 Å². The second kappa shape index (κ2) is 7.64. The number of fused-ring (bicyclic) bond motifs is 1. The van der Waals surface area contributed by atoms with Crippen molar-refractivity contribution < 1.29 is 14.2 Å². The molecule has 0 heterocycles. The van der Waals surface area contributed by atoms with Crippen LogP contribution in [-0.4, -0.2) is 12.2 Å². The van der Waals surface area contributed by atoms with E-state index in [4.69, 9.17) is 9.84 Å². The van der Waals surface area contributed by atoms with Crippen LogP contribution in [0.4, 0.5) is 4.39 Å². The van der Waals surface area contributed by atoms with E-state index in [2.05, 4.69) is 36.5 Å². The Morgan fingerprint density at radius 2 is 1.80 bits per heavy atom. The van der Waals surface area contributed by atoms with Gasteiger partial charge in [0.05, 0.1) is 13.7 Å². The average Bonchev–Trinajstić information content (AvgIpc) is 2.66. The quantitative estimate of drug-likeness (QED) is 0.702. The predicted molar refractivity (Wildman–Crippen MR) is 98.1 cm³/mol. The third kappa shape index (κ3) is 3.98. The highest BCUT2D eigenvalue weighted by Gasteiger charge is 2.08. The zero-order valence-corrected chi connectivity index (χ0v) is 14.4. The number of halogens is 1. The van der Waals surface area contributed by atoms with Crippen molar-refractivity contribution in [3.8, 4) is 5.75 Å². The van der Waals surface area contributed by atoms with Gasteiger partial charge in [-0.05, 0) is 59.2 Å². The van der Waals surface area contributed by atoms with Crippen LogP contribution in [0.1, 0.15) is 29.7 Å². The van der Waals surface area contributed by atoms with Gasteiger partial charge < -0.3 is 15.2 Å². The molecule has 3 nitrogen and oxygen atoms in total. The molecule has 0 saturated carbocycles. The predicted octanol–water partition coefficient (Wildman–Crippen LogP) is 4.33. The van der Waals surface area contributed by atoms with Crippen molar-refractivity contribution in [2.24, 2.45) is 0 Å². The fourth-order valence-corrected chi connectivity index (χ4v) is 2.89. The molecule has 0 saturated heterocycles. The smallest absolute Gasteiger partial charge is 0.128 e. The molecule has 0 aliphatic heterocycles. The van der Waals surface area contributed by atoms with Crippen LogP contribution in [0.25, 0.3) is 10.8 Å². The van der Waals surface area contributed by atoms with Crippen LogP contribution < -0.4 is 10.1 Å². The number of hydrogen-bond donors (Lipinski definition) is 2. The molecule has 1 atom stereocenters. The Labute approximate surface area is 147 Å². The summed E-state index contributed by atoms with van der Waals surface area (Å²) in [6.07, 6.45) is 0. The van der Waals surface area contributed by atoms with Crippen LogP contribution >= 0.6 is 0 Å². The van der Waals surface area contributed by atoms with Gasteiger partial charge in [0.15, 0.2) is 0 Å². The molecule has 3 rings (SSSR count). The van der Waals surface area contributed by atoms with Gasteiger partial charge in [-0.1, -0.05) is 24.3 Å². The van der Waals surface area contributed by atoms with E-state index >= 15 is 0 Å². The number of aliphatic hydroxyl groups is 1. The lowest BCUT2D eigenvalue weighted by molar-refractivity contribution is 0.275. The number of benzene rings is 3. The van der Waals surface area contributed by atoms with E-state index < -0.39 is 0 Å². The van der Waals surface area contributed by atoms with Crippen LogP contribution in [0.3, 0.4) is 0 Å². The average molecular weight is 339 g/mol. The van der Waals surface area contributed by atoms with Gasteiger partial charge in [-0.3, -0.25) is 0 Å². The van der Waals surface area contributed by atoms with Crippen molar-refractivity contribution in [2.75, 3.05) is 7.11 Å². The summed E-state index contributed by atoms with van der Waals surface area (Å²) in [5.74, 6) is 0.478. The summed E-state index contributed by atoms with van der Waals surface area (Å²) in [6, 6.07) is 17.4. The van der Waals surface area contributed by atoms with Gasteiger partial charge in [0, 0.05) is 18.2 Å². The molecule has 3 aromatic rings. The number of rotatable bonds is 6. The Kier molecular flexibility index (Phi) is 5.31. The van der Waals surface area contributed by atoms with Crippen LogP contribution in [-0.2, 0) is 13.2 Å².